The number of thiophene rings is 1. The molecule has 0 saturated carbocycles. The Morgan fingerprint density at radius 2 is 1.72 bits per heavy atom. The fraction of sp³-hybridized carbons (Fsp3) is 0.400. The molecule has 3 rings (SSSR count). The van der Waals surface area contributed by atoms with Crippen LogP contribution in [-0.4, -0.2) is 19.0 Å². The van der Waals surface area contributed by atoms with Gasteiger partial charge in [0.05, 0.1) is 12.7 Å². The Hall–Kier alpha value is -2.14. The van der Waals surface area contributed by atoms with Gasteiger partial charge in [0.1, 0.15) is 5.00 Å². The summed E-state index contributed by atoms with van der Waals surface area (Å²) in [5.74, 6) is -0.559. The molecule has 25 heavy (non-hydrogen) atoms. The van der Waals surface area contributed by atoms with Crippen LogP contribution in [0.5, 0.6) is 0 Å². The third-order valence-electron chi connectivity index (χ3n) is 4.60. The van der Waals surface area contributed by atoms with E-state index in [2.05, 4.69) is 5.32 Å². The van der Waals surface area contributed by atoms with Gasteiger partial charge in [-0.05, 0) is 50.3 Å². The van der Waals surface area contributed by atoms with E-state index in [1.807, 2.05) is 19.1 Å². The number of anilines is 1. The van der Waals surface area contributed by atoms with Gasteiger partial charge in [0, 0.05) is 10.4 Å². The summed E-state index contributed by atoms with van der Waals surface area (Å²) >= 11 is 1.52. The topological polar surface area (TPSA) is 55.4 Å². The molecule has 5 heteroatoms. The summed E-state index contributed by atoms with van der Waals surface area (Å²) in [4.78, 5) is 26.1. The maximum Gasteiger partial charge on any atom is 0.341 e. The molecule has 0 bridgehead atoms. The second kappa shape index (κ2) is 7.83. The molecule has 0 aliphatic heterocycles. The predicted octanol–water partition coefficient (Wildman–Crippen LogP) is 4.75. The Balaban J connectivity index is 1.94. The van der Waals surface area contributed by atoms with Crippen molar-refractivity contribution in [1.82, 2.24) is 0 Å². The molecule has 1 aliphatic rings. The van der Waals surface area contributed by atoms with Crippen LogP contribution in [-0.2, 0) is 17.6 Å². The van der Waals surface area contributed by atoms with Gasteiger partial charge in [-0.15, -0.1) is 11.3 Å². The Kier molecular flexibility index (Phi) is 5.53. The second-order valence-electron chi connectivity index (χ2n) is 6.43. The molecule has 0 saturated heterocycles. The highest BCUT2D eigenvalue weighted by molar-refractivity contribution is 7.17. The molecule has 1 aromatic heterocycles. The number of ether oxygens (including phenoxy) is 1. The lowest BCUT2D eigenvalue weighted by Crippen LogP contribution is -2.14. The van der Waals surface area contributed by atoms with Gasteiger partial charge in [0.25, 0.3) is 5.91 Å². The number of nitrogens with one attached hydrogen (secondary N) is 1. The first kappa shape index (κ1) is 17.7. The molecular formula is C20H23NO3S. The van der Waals surface area contributed by atoms with Crippen molar-refractivity contribution in [2.24, 2.45) is 0 Å². The van der Waals surface area contributed by atoms with Gasteiger partial charge < -0.3 is 10.1 Å². The summed E-state index contributed by atoms with van der Waals surface area (Å²) in [5.41, 5.74) is 3.30. The van der Waals surface area contributed by atoms with E-state index >= 15 is 0 Å². The van der Waals surface area contributed by atoms with Crippen molar-refractivity contribution >= 4 is 28.2 Å². The van der Waals surface area contributed by atoms with Gasteiger partial charge in [0.15, 0.2) is 0 Å². The van der Waals surface area contributed by atoms with E-state index in [1.54, 1.807) is 12.1 Å². The highest BCUT2D eigenvalue weighted by atomic mass is 32.1. The highest BCUT2D eigenvalue weighted by Gasteiger charge is 2.26. The number of aryl methyl sites for hydroxylation is 2. The van der Waals surface area contributed by atoms with Gasteiger partial charge in [-0.3, -0.25) is 4.79 Å². The number of benzene rings is 1. The summed E-state index contributed by atoms with van der Waals surface area (Å²) in [6.45, 7) is 1.98. The number of fused-ring (bicyclic) bond motifs is 1. The van der Waals surface area contributed by atoms with Crippen molar-refractivity contribution in [2.45, 2.75) is 45.4 Å². The van der Waals surface area contributed by atoms with Crippen molar-refractivity contribution in [2.75, 3.05) is 12.4 Å². The van der Waals surface area contributed by atoms with Crippen LogP contribution in [0, 0.1) is 6.92 Å². The number of esters is 1. The maximum absolute atomic E-state index is 12.6. The zero-order chi connectivity index (χ0) is 17.8. The number of carbonyl (C=O) groups excluding carboxylic acids is 2. The Morgan fingerprint density at radius 3 is 2.40 bits per heavy atom. The van der Waals surface area contributed by atoms with Gasteiger partial charge in [-0.2, -0.15) is 0 Å². The molecule has 4 nitrogen and oxygen atoms in total. The first-order chi connectivity index (χ1) is 12.1. The molecule has 1 heterocycles. The predicted molar refractivity (Wildman–Crippen MR) is 101 cm³/mol. The number of carbonyl (C=O) groups is 2. The summed E-state index contributed by atoms with van der Waals surface area (Å²) in [7, 11) is 1.39. The van der Waals surface area contributed by atoms with E-state index in [1.165, 1.54) is 36.2 Å². The fourth-order valence-electron chi connectivity index (χ4n) is 3.21. The molecular weight excluding hydrogens is 334 g/mol. The van der Waals surface area contributed by atoms with E-state index in [9.17, 15) is 9.59 Å². The smallest absolute Gasteiger partial charge is 0.341 e. The standard InChI is InChI=1S/C20H23NO3S/c1-13-9-11-14(12-10-13)18(22)21-19-17(20(23)24-2)15-7-5-3-4-6-8-16(15)25-19/h9-12H,3-8H2,1-2H3,(H,21,22). The monoisotopic (exact) mass is 357 g/mol. The van der Waals surface area contributed by atoms with Crippen LogP contribution < -0.4 is 5.32 Å². The summed E-state index contributed by atoms with van der Waals surface area (Å²) in [6.07, 6.45) is 6.43. The van der Waals surface area contributed by atoms with Gasteiger partial charge in [-0.25, -0.2) is 4.79 Å². The van der Waals surface area contributed by atoms with Crippen LogP contribution in [0.25, 0.3) is 0 Å². The SMILES string of the molecule is COC(=O)c1c(NC(=O)c2ccc(C)cc2)sc2c1CCCCCC2. The zero-order valence-electron chi connectivity index (χ0n) is 14.7. The molecule has 0 radical (unpaired) electrons. The third kappa shape index (κ3) is 3.93. The van der Waals surface area contributed by atoms with Crippen molar-refractivity contribution in [3.05, 3.63) is 51.4 Å². The summed E-state index contributed by atoms with van der Waals surface area (Å²) in [5, 5.41) is 3.55. The van der Waals surface area contributed by atoms with Crippen molar-refractivity contribution in [1.29, 1.82) is 0 Å². The lowest BCUT2D eigenvalue weighted by molar-refractivity contribution is 0.0601. The minimum atomic E-state index is -0.364. The molecule has 132 valence electrons. The van der Waals surface area contributed by atoms with Crippen molar-refractivity contribution in [3.63, 3.8) is 0 Å². The minimum absolute atomic E-state index is 0.195. The normalized spacial score (nSPS) is 14.2. The molecule has 0 fully saturated rings. The van der Waals surface area contributed by atoms with Gasteiger partial charge in [0.2, 0.25) is 0 Å². The molecule has 1 N–H and O–H groups in total. The average molecular weight is 357 g/mol. The van der Waals surface area contributed by atoms with Crippen molar-refractivity contribution in [3.8, 4) is 0 Å². The largest absolute Gasteiger partial charge is 0.465 e. The Labute approximate surface area is 152 Å². The highest BCUT2D eigenvalue weighted by Crippen LogP contribution is 2.37. The number of hydrogen-bond acceptors (Lipinski definition) is 4. The number of amides is 1. The van der Waals surface area contributed by atoms with Crippen LogP contribution >= 0.6 is 11.3 Å². The number of rotatable bonds is 3. The molecule has 0 unspecified atom stereocenters. The number of methoxy groups -OCH3 is 1. The lowest BCUT2D eigenvalue weighted by Gasteiger charge is -2.11. The molecule has 0 atom stereocenters. The molecule has 0 spiro atoms. The quantitative estimate of drug-likeness (QED) is 0.806. The van der Waals surface area contributed by atoms with Gasteiger partial charge in [-0.1, -0.05) is 30.5 Å². The van der Waals surface area contributed by atoms with Crippen LogP contribution in [0.4, 0.5) is 5.00 Å². The fourth-order valence-corrected chi connectivity index (χ4v) is 4.48. The van der Waals surface area contributed by atoms with Crippen LogP contribution in [0.2, 0.25) is 0 Å². The van der Waals surface area contributed by atoms with Crippen LogP contribution in [0.15, 0.2) is 24.3 Å². The molecule has 1 aromatic carbocycles. The molecule has 1 aliphatic carbocycles. The van der Waals surface area contributed by atoms with Crippen LogP contribution in [0.3, 0.4) is 0 Å². The Morgan fingerprint density at radius 1 is 1.04 bits per heavy atom. The van der Waals surface area contributed by atoms with E-state index in [-0.39, 0.29) is 11.9 Å². The zero-order valence-corrected chi connectivity index (χ0v) is 15.5. The van der Waals surface area contributed by atoms with Gasteiger partial charge >= 0.3 is 5.97 Å². The first-order valence-electron chi connectivity index (χ1n) is 8.71. The summed E-state index contributed by atoms with van der Waals surface area (Å²) < 4.78 is 4.99. The average Bonchev–Trinajstić information content (AvgIpc) is 2.91. The first-order valence-corrected chi connectivity index (χ1v) is 9.52. The van der Waals surface area contributed by atoms with Crippen LogP contribution in [0.1, 0.15) is 62.4 Å². The maximum atomic E-state index is 12.6. The van der Waals surface area contributed by atoms with E-state index in [0.717, 1.165) is 36.8 Å². The van der Waals surface area contributed by atoms with E-state index in [0.29, 0.717) is 16.1 Å². The molecule has 2 aromatic rings. The summed E-state index contributed by atoms with van der Waals surface area (Å²) in [6, 6.07) is 7.41. The van der Waals surface area contributed by atoms with E-state index in [4.69, 9.17) is 4.74 Å². The third-order valence-corrected chi connectivity index (χ3v) is 5.81. The van der Waals surface area contributed by atoms with E-state index < -0.39 is 0 Å². The van der Waals surface area contributed by atoms with Crippen molar-refractivity contribution < 1.29 is 14.3 Å². The number of hydrogen-bond donors (Lipinski definition) is 1. The molecule has 1 amide bonds. The second-order valence-corrected chi connectivity index (χ2v) is 7.54. The Bertz CT molecular complexity index is 777. The minimum Gasteiger partial charge on any atom is -0.465 e. The lowest BCUT2D eigenvalue weighted by atomic mass is 9.96.